The Kier molecular flexibility index (Phi) is 5.51. The van der Waals surface area contributed by atoms with Crippen molar-refractivity contribution >= 4 is 53.7 Å². The molecule has 2 N–H and O–H groups in total. The molecule has 0 amide bonds. The maximum absolute atomic E-state index is 6.03. The smallest absolute Gasteiger partial charge is 0.196 e. The van der Waals surface area contributed by atoms with Crippen molar-refractivity contribution in [3.63, 3.8) is 0 Å². The van der Waals surface area contributed by atoms with Crippen LogP contribution in [0.4, 0.5) is 0 Å². The molecule has 144 valence electrons. The van der Waals surface area contributed by atoms with E-state index in [2.05, 4.69) is 42.8 Å². The maximum atomic E-state index is 6.03. The van der Waals surface area contributed by atoms with Crippen molar-refractivity contribution in [3.05, 3.63) is 57.1 Å². The fraction of sp³-hybridized carbons (Fsp3) is 0.238. The van der Waals surface area contributed by atoms with Crippen molar-refractivity contribution < 1.29 is 4.42 Å². The summed E-state index contributed by atoms with van der Waals surface area (Å²) in [4.78, 5) is 11.9. The molecule has 0 aliphatic carbocycles. The van der Waals surface area contributed by atoms with Gasteiger partial charge in [0.25, 0.3) is 0 Å². The van der Waals surface area contributed by atoms with Gasteiger partial charge in [-0.2, -0.15) is 0 Å². The standard InChI is InChI=1S/C21H20Br2N4O/c1-27(2)16(7-8-24)20-14-10-13(22)11-15(23)19(14)25-21(26-20)18-9-12-5-3-4-6-17(12)28-18/h3-6,9-11,16H,7-8,24H2,1-2H3. The minimum atomic E-state index is 0.0693. The SMILES string of the molecule is CN(C)C(CCN)c1nc(-c2cc3ccccc3o2)nc2c(Br)cc(Br)cc12. The highest BCUT2D eigenvalue weighted by atomic mass is 79.9. The van der Waals surface area contributed by atoms with Gasteiger partial charge in [-0.25, -0.2) is 9.97 Å². The number of aromatic nitrogens is 2. The lowest BCUT2D eigenvalue weighted by molar-refractivity contribution is 0.283. The first-order chi connectivity index (χ1) is 13.5. The first-order valence-electron chi connectivity index (χ1n) is 9.00. The molecule has 2 aromatic carbocycles. The zero-order valence-corrected chi connectivity index (χ0v) is 18.8. The van der Waals surface area contributed by atoms with Crippen LogP contribution in [0.25, 0.3) is 33.5 Å². The number of nitrogens with two attached hydrogens (primary N) is 1. The summed E-state index contributed by atoms with van der Waals surface area (Å²) in [5.41, 5.74) is 8.52. The molecule has 1 atom stereocenters. The molecule has 0 saturated carbocycles. The minimum Gasteiger partial charge on any atom is -0.453 e. The largest absolute Gasteiger partial charge is 0.453 e. The molecule has 5 nitrogen and oxygen atoms in total. The van der Waals surface area contributed by atoms with Gasteiger partial charge in [0, 0.05) is 19.7 Å². The number of benzene rings is 2. The second-order valence-corrected chi connectivity index (χ2v) is 8.69. The molecule has 2 aromatic heterocycles. The minimum absolute atomic E-state index is 0.0693. The predicted molar refractivity (Wildman–Crippen MR) is 120 cm³/mol. The third-order valence-corrected chi connectivity index (χ3v) is 5.84. The molecule has 7 heteroatoms. The highest BCUT2D eigenvalue weighted by Crippen LogP contribution is 2.36. The Bertz CT molecular complexity index is 1120. The second kappa shape index (κ2) is 7.91. The molecule has 0 spiro atoms. The molecule has 2 heterocycles. The van der Waals surface area contributed by atoms with Crippen molar-refractivity contribution in [2.75, 3.05) is 20.6 Å². The summed E-state index contributed by atoms with van der Waals surface area (Å²) in [6, 6.07) is 14.0. The molecule has 4 aromatic rings. The number of para-hydroxylation sites is 1. The fourth-order valence-electron chi connectivity index (χ4n) is 3.43. The Hall–Kier alpha value is -1.80. The number of rotatable bonds is 5. The maximum Gasteiger partial charge on any atom is 0.196 e. The summed E-state index contributed by atoms with van der Waals surface area (Å²) in [6.07, 6.45) is 0.794. The quantitative estimate of drug-likeness (QED) is 0.388. The van der Waals surface area contributed by atoms with Crippen molar-refractivity contribution in [2.45, 2.75) is 12.5 Å². The summed E-state index contributed by atoms with van der Waals surface area (Å²) in [5.74, 6) is 1.23. The topological polar surface area (TPSA) is 68.2 Å². The average Bonchev–Trinajstić information content (AvgIpc) is 3.09. The van der Waals surface area contributed by atoms with Gasteiger partial charge in [-0.3, -0.25) is 0 Å². The third kappa shape index (κ3) is 3.59. The average molecular weight is 504 g/mol. The number of fused-ring (bicyclic) bond motifs is 2. The number of halogens is 2. The monoisotopic (exact) mass is 502 g/mol. The Morgan fingerprint density at radius 2 is 1.89 bits per heavy atom. The van der Waals surface area contributed by atoms with Crippen molar-refractivity contribution in [1.29, 1.82) is 0 Å². The first-order valence-corrected chi connectivity index (χ1v) is 10.6. The normalized spacial score (nSPS) is 12.9. The van der Waals surface area contributed by atoms with Crippen LogP contribution in [0, 0.1) is 0 Å². The van der Waals surface area contributed by atoms with Crippen LogP contribution in [0.5, 0.6) is 0 Å². The van der Waals surface area contributed by atoms with Crippen LogP contribution in [0.3, 0.4) is 0 Å². The Morgan fingerprint density at radius 1 is 1.11 bits per heavy atom. The molecule has 0 fully saturated rings. The van der Waals surface area contributed by atoms with E-state index in [1.54, 1.807) is 0 Å². The number of nitrogens with zero attached hydrogens (tertiary/aromatic N) is 3. The van der Waals surface area contributed by atoms with Gasteiger partial charge in [-0.05, 0) is 67.3 Å². The number of hydrogen-bond donors (Lipinski definition) is 1. The van der Waals surface area contributed by atoms with E-state index in [1.165, 1.54) is 0 Å². The Balaban J connectivity index is 2.00. The van der Waals surface area contributed by atoms with E-state index in [-0.39, 0.29) is 6.04 Å². The molecule has 4 rings (SSSR count). The van der Waals surface area contributed by atoms with Crippen LogP contribution in [-0.4, -0.2) is 35.5 Å². The zero-order valence-electron chi connectivity index (χ0n) is 15.6. The number of furan rings is 1. The predicted octanol–water partition coefficient (Wildman–Crippen LogP) is 5.52. The first kappa shape index (κ1) is 19.5. The van der Waals surface area contributed by atoms with Gasteiger partial charge >= 0.3 is 0 Å². The summed E-state index contributed by atoms with van der Waals surface area (Å²) in [7, 11) is 4.09. The van der Waals surface area contributed by atoms with Crippen LogP contribution in [0.2, 0.25) is 0 Å². The van der Waals surface area contributed by atoms with Crippen molar-refractivity contribution in [1.82, 2.24) is 14.9 Å². The summed E-state index contributed by atoms with van der Waals surface area (Å²) < 4.78 is 7.91. The Morgan fingerprint density at radius 3 is 2.61 bits per heavy atom. The van der Waals surface area contributed by atoms with Crippen LogP contribution >= 0.6 is 31.9 Å². The molecule has 0 bridgehead atoms. The second-order valence-electron chi connectivity index (χ2n) is 6.92. The molecule has 0 aliphatic heterocycles. The molecule has 0 radical (unpaired) electrons. The molecule has 0 aliphatic rings. The van der Waals surface area contributed by atoms with Gasteiger partial charge in [0.05, 0.1) is 17.3 Å². The Labute approximate surface area is 180 Å². The van der Waals surface area contributed by atoms with E-state index in [4.69, 9.17) is 20.1 Å². The van der Waals surface area contributed by atoms with E-state index in [0.717, 1.165) is 42.9 Å². The third-order valence-electron chi connectivity index (χ3n) is 4.77. The van der Waals surface area contributed by atoms with Crippen molar-refractivity contribution in [2.24, 2.45) is 5.73 Å². The van der Waals surface area contributed by atoms with Gasteiger partial charge in [0.1, 0.15) is 5.58 Å². The van der Waals surface area contributed by atoms with Gasteiger partial charge in [0.2, 0.25) is 0 Å². The van der Waals surface area contributed by atoms with Crippen molar-refractivity contribution in [3.8, 4) is 11.6 Å². The molecule has 1 unspecified atom stereocenters. The van der Waals surface area contributed by atoms with E-state index in [1.807, 2.05) is 50.5 Å². The summed E-state index contributed by atoms with van der Waals surface area (Å²) in [6.45, 7) is 0.573. The lowest BCUT2D eigenvalue weighted by Gasteiger charge is -2.25. The van der Waals surface area contributed by atoms with Gasteiger partial charge in [-0.15, -0.1) is 0 Å². The van der Waals surface area contributed by atoms with Gasteiger partial charge in [0.15, 0.2) is 11.6 Å². The van der Waals surface area contributed by atoms with Crippen LogP contribution in [-0.2, 0) is 0 Å². The fourth-order valence-corrected chi connectivity index (χ4v) is 4.75. The number of hydrogen-bond acceptors (Lipinski definition) is 5. The van der Waals surface area contributed by atoms with Crippen LogP contribution in [0.1, 0.15) is 18.2 Å². The van der Waals surface area contributed by atoms with E-state index < -0.39 is 0 Å². The van der Waals surface area contributed by atoms with Gasteiger partial charge < -0.3 is 15.1 Å². The summed E-state index contributed by atoms with van der Waals surface area (Å²) >= 11 is 7.25. The molecule has 0 saturated heterocycles. The van der Waals surface area contributed by atoms with E-state index in [0.29, 0.717) is 18.1 Å². The van der Waals surface area contributed by atoms with Crippen LogP contribution < -0.4 is 5.73 Å². The molecular formula is C21H20Br2N4O. The lowest BCUT2D eigenvalue weighted by atomic mass is 10.0. The summed E-state index contributed by atoms with van der Waals surface area (Å²) in [5, 5.41) is 2.02. The van der Waals surface area contributed by atoms with Crippen LogP contribution in [0.15, 0.2) is 55.8 Å². The highest BCUT2D eigenvalue weighted by molar-refractivity contribution is 9.11. The molecule has 28 heavy (non-hydrogen) atoms. The lowest BCUT2D eigenvalue weighted by Crippen LogP contribution is -2.24. The highest BCUT2D eigenvalue weighted by Gasteiger charge is 2.22. The molecular weight excluding hydrogens is 484 g/mol. The van der Waals surface area contributed by atoms with E-state index >= 15 is 0 Å². The zero-order chi connectivity index (χ0) is 19.8. The van der Waals surface area contributed by atoms with E-state index in [9.17, 15) is 0 Å². The van der Waals surface area contributed by atoms with Gasteiger partial charge in [-0.1, -0.05) is 34.1 Å².